The van der Waals surface area contributed by atoms with E-state index >= 15 is 0 Å². The van der Waals surface area contributed by atoms with E-state index in [1.54, 1.807) is 0 Å². The summed E-state index contributed by atoms with van der Waals surface area (Å²) in [5.41, 5.74) is 1.44. The van der Waals surface area contributed by atoms with Gasteiger partial charge in [0, 0.05) is 12.4 Å². The highest BCUT2D eigenvalue weighted by Gasteiger charge is 2.10. The van der Waals surface area contributed by atoms with E-state index in [4.69, 9.17) is 0 Å². The average molecular weight is 159 g/mol. The third kappa shape index (κ3) is 1.55. The lowest BCUT2D eigenvalue weighted by Gasteiger charge is -2.17. The first-order chi connectivity index (χ1) is 5.97. The summed E-state index contributed by atoms with van der Waals surface area (Å²) in [6.45, 7) is 0. The van der Waals surface area contributed by atoms with Crippen molar-refractivity contribution in [2.24, 2.45) is 0 Å². The second kappa shape index (κ2) is 3.53. The van der Waals surface area contributed by atoms with Crippen molar-refractivity contribution in [1.82, 2.24) is 4.98 Å². The molecule has 1 heteroatoms. The number of pyridine rings is 1. The minimum absolute atomic E-state index is 0.734. The number of allylic oxidation sites excluding steroid dienone is 2. The van der Waals surface area contributed by atoms with Crippen molar-refractivity contribution in [2.45, 2.75) is 25.2 Å². The molecule has 1 aliphatic carbocycles. The van der Waals surface area contributed by atoms with Crippen molar-refractivity contribution >= 4 is 0 Å². The molecule has 1 heterocycles. The Morgan fingerprint density at radius 3 is 2.67 bits per heavy atom. The fraction of sp³-hybridized carbons (Fsp3) is 0.364. The summed E-state index contributed by atoms with van der Waals surface area (Å²) in [6, 6.07) is 4.26. The van der Waals surface area contributed by atoms with Gasteiger partial charge in [-0.1, -0.05) is 12.2 Å². The van der Waals surface area contributed by atoms with Gasteiger partial charge in [0.25, 0.3) is 0 Å². The maximum atomic E-state index is 4.02. The predicted molar refractivity (Wildman–Crippen MR) is 50.0 cm³/mol. The highest BCUT2D eigenvalue weighted by atomic mass is 14.6. The van der Waals surface area contributed by atoms with Gasteiger partial charge in [0.05, 0.1) is 0 Å². The van der Waals surface area contributed by atoms with Crippen LogP contribution in [0.2, 0.25) is 0 Å². The summed E-state index contributed by atoms with van der Waals surface area (Å²) in [6.07, 6.45) is 12.0. The van der Waals surface area contributed by atoms with E-state index in [9.17, 15) is 0 Å². The van der Waals surface area contributed by atoms with E-state index < -0.39 is 0 Å². The molecule has 1 atom stereocenters. The van der Waals surface area contributed by atoms with Crippen molar-refractivity contribution in [3.05, 3.63) is 42.2 Å². The van der Waals surface area contributed by atoms with Gasteiger partial charge in [-0.05, 0) is 42.9 Å². The summed E-state index contributed by atoms with van der Waals surface area (Å²) in [5.74, 6) is 0.734. The lowest BCUT2D eigenvalue weighted by atomic mass is 9.88. The van der Waals surface area contributed by atoms with Crippen LogP contribution in [0.1, 0.15) is 30.7 Å². The summed E-state index contributed by atoms with van der Waals surface area (Å²) in [5, 5.41) is 0. The van der Waals surface area contributed by atoms with Gasteiger partial charge >= 0.3 is 0 Å². The van der Waals surface area contributed by atoms with Crippen LogP contribution in [0.15, 0.2) is 36.7 Å². The quantitative estimate of drug-likeness (QED) is 0.574. The highest BCUT2D eigenvalue weighted by molar-refractivity contribution is 5.18. The first-order valence-corrected chi connectivity index (χ1v) is 4.52. The van der Waals surface area contributed by atoms with E-state index in [2.05, 4.69) is 29.3 Å². The normalized spacial score (nSPS) is 22.5. The van der Waals surface area contributed by atoms with Crippen LogP contribution in [0.5, 0.6) is 0 Å². The maximum absolute atomic E-state index is 4.02. The summed E-state index contributed by atoms with van der Waals surface area (Å²) in [4.78, 5) is 4.02. The van der Waals surface area contributed by atoms with E-state index in [1.807, 2.05) is 12.4 Å². The smallest absolute Gasteiger partial charge is 0.0270 e. The molecule has 0 fully saturated rings. The third-order valence-electron chi connectivity index (χ3n) is 2.45. The zero-order valence-corrected chi connectivity index (χ0v) is 7.11. The Balaban J connectivity index is 2.15. The van der Waals surface area contributed by atoms with Gasteiger partial charge in [-0.3, -0.25) is 4.98 Å². The Morgan fingerprint density at radius 2 is 2.00 bits per heavy atom. The lowest BCUT2D eigenvalue weighted by Crippen LogP contribution is -2.00. The molecule has 0 N–H and O–H groups in total. The highest BCUT2D eigenvalue weighted by Crippen LogP contribution is 2.28. The van der Waals surface area contributed by atoms with Crippen LogP contribution < -0.4 is 0 Å². The van der Waals surface area contributed by atoms with E-state index in [-0.39, 0.29) is 0 Å². The van der Waals surface area contributed by atoms with Crippen molar-refractivity contribution in [3.8, 4) is 0 Å². The number of hydrogen-bond donors (Lipinski definition) is 0. The molecule has 1 aliphatic rings. The van der Waals surface area contributed by atoms with Gasteiger partial charge in [-0.25, -0.2) is 0 Å². The molecule has 62 valence electrons. The number of hydrogen-bond acceptors (Lipinski definition) is 1. The Bertz CT molecular complexity index is 264. The molecule has 1 aromatic heterocycles. The van der Waals surface area contributed by atoms with E-state index in [1.165, 1.54) is 24.8 Å². The van der Waals surface area contributed by atoms with Crippen LogP contribution in [-0.2, 0) is 0 Å². The zero-order chi connectivity index (χ0) is 8.23. The first kappa shape index (κ1) is 7.53. The van der Waals surface area contributed by atoms with Gasteiger partial charge in [0.15, 0.2) is 0 Å². The van der Waals surface area contributed by atoms with Crippen LogP contribution in [0.3, 0.4) is 0 Å². The Hall–Kier alpha value is -1.11. The monoisotopic (exact) mass is 159 g/mol. The lowest BCUT2D eigenvalue weighted by molar-refractivity contribution is 0.616. The maximum Gasteiger partial charge on any atom is 0.0270 e. The number of aromatic nitrogens is 1. The van der Waals surface area contributed by atoms with Crippen LogP contribution in [0, 0.1) is 0 Å². The third-order valence-corrected chi connectivity index (χ3v) is 2.45. The molecule has 0 aliphatic heterocycles. The number of rotatable bonds is 1. The molecular formula is C11H13N. The van der Waals surface area contributed by atoms with Crippen LogP contribution in [-0.4, -0.2) is 4.98 Å². The molecule has 1 aromatic rings. The second-order valence-electron chi connectivity index (χ2n) is 3.26. The molecule has 0 saturated carbocycles. The van der Waals surface area contributed by atoms with Gasteiger partial charge < -0.3 is 0 Å². The molecule has 1 nitrogen and oxygen atoms in total. The van der Waals surface area contributed by atoms with Gasteiger partial charge in [-0.15, -0.1) is 0 Å². The summed E-state index contributed by atoms with van der Waals surface area (Å²) < 4.78 is 0. The Kier molecular flexibility index (Phi) is 2.21. The fourth-order valence-electron chi connectivity index (χ4n) is 1.73. The molecule has 0 amide bonds. The molecular weight excluding hydrogens is 146 g/mol. The topological polar surface area (TPSA) is 12.9 Å². The zero-order valence-electron chi connectivity index (χ0n) is 7.11. The first-order valence-electron chi connectivity index (χ1n) is 4.52. The second-order valence-corrected chi connectivity index (χ2v) is 3.26. The van der Waals surface area contributed by atoms with Crippen LogP contribution in [0.4, 0.5) is 0 Å². The molecule has 0 bridgehead atoms. The molecule has 0 saturated heterocycles. The Morgan fingerprint density at radius 1 is 1.17 bits per heavy atom. The Labute approximate surface area is 73.1 Å². The SMILES string of the molecule is C1=CC[C@H](c2ccncc2)CC1. The fourth-order valence-corrected chi connectivity index (χ4v) is 1.73. The molecule has 0 aromatic carbocycles. The van der Waals surface area contributed by atoms with Crippen molar-refractivity contribution in [2.75, 3.05) is 0 Å². The molecule has 12 heavy (non-hydrogen) atoms. The van der Waals surface area contributed by atoms with E-state index in [0.29, 0.717) is 0 Å². The van der Waals surface area contributed by atoms with Gasteiger partial charge in [0.1, 0.15) is 0 Å². The van der Waals surface area contributed by atoms with Gasteiger partial charge in [-0.2, -0.15) is 0 Å². The molecule has 0 spiro atoms. The van der Waals surface area contributed by atoms with Crippen molar-refractivity contribution in [3.63, 3.8) is 0 Å². The van der Waals surface area contributed by atoms with E-state index in [0.717, 1.165) is 5.92 Å². The predicted octanol–water partition coefficient (Wildman–Crippen LogP) is 2.91. The average Bonchev–Trinajstić information content (AvgIpc) is 2.21. The summed E-state index contributed by atoms with van der Waals surface area (Å²) >= 11 is 0. The summed E-state index contributed by atoms with van der Waals surface area (Å²) in [7, 11) is 0. The largest absolute Gasteiger partial charge is 0.265 e. The van der Waals surface area contributed by atoms with Crippen molar-refractivity contribution in [1.29, 1.82) is 0 Å². The minimum Gasteiger partial charge on any atom is -0.265 e. The molecule has 0 unspecified atom stereocenters. The van der Waals surface area contributed by atoms with Crippen LogP contribution in [0.25, 0.3) is 0 Å². The molecule has 0 radical (unpaired) electrons. The van der Waals surface area contributed by atoms with Crippen molar-refractivity contribution < 1.29 is 0 Å². The number of nitrogens with zero attached hydrogens (tertiary/aromatic N) is 1. The van der Waals surface area contributed by atoms with Gasteiger partial charge in [0.2, 0.25) is 0 Å². The molecule has 2 rings (SSSR count). The minimum atomic E-state index is 0.734. The standard InChI is InChI=1S/C11H13N/c1-2-4-10(5-3-1)11-6-8-12-9-7-11/h1-2,6-10H,3-5H2/t10-/m0/s1. The van der Waals surface area contributed by atoms with Crippen LogP contribution >= 0.6 is 0 Å².